The van der Waals surface area contributed by atoms with E-state index in [2.05, 4.69) is 5.32 Å². The molecule has 0 amide bonds. The molecule has 1 rings (SSSR count). The molecule has 5 heteroatoms. The maximum absolute atomic E-state index is 13.8. The minimum atomic E-state index is -0.882. The molecule has 0 aliphatic heterocycles. The number of nitrogens with zero attached hydrogens (tertiary/aromatic N) is 1. The molecule has 0 radical (unpaired) electrons. The fraction of sp³-hybridized carbons (Fsp3) is 0.500. The van der Waals surface area contributed by atoms with Gasteiger partial charge < -0.3 is 15.0 Å². The van der Waals surface area contributed by atoms with E-state index in [9.17, 15) is 9.18 Å². The molecule has 19 heavy (non-hydrogen) atoms. The van der Waals surface area contributed by atoms with Crippen LogP contribution in [0.4, 0.5) is 10.1 Å². The predicted octanol–water partition coefficient (Wildman–Crippen LogP) is 1.80. The van der Waals surface area contributed by atoms with E-state index in [0.717, 1.165) is 0 Å². The monoisotopic (exact) mass is 268 g/mol. The van der Waals surface area contributed by atoms with Gasteiger partial charge in [-0.3, -0.25) is 0 Å². The largest absolute Gasteiger partial charge is 0.468 e. The average molecular weight is 268 g/mol. The van der Waals surface area contributed by atoms with E-state index in [0.29, 0.717) is 18.8 Å². The first-order valence-electron chi connectivity index (χ1n) is 6.25. The zero-order valence-corrected chi connectivity index (χ0v) is 11.9. The number of hydrogen-bond donors (Lipinski definition) is 1. The molecule has 0 bridgehead atoms. The number of likely N-dealkylation sites (N-methyl/N-ethyl adjacent to an activating group) is 2. The minimum Gasteiger partial charge on any atom is -0.468 e. The number of nitrogens with one attached hydrogen (secondary N) is 1. The van der Waals surface area contributed by atoms with Crippen molar-refractivity contribution in [2.75, 3.05) is 32.1 Å². The average Bonchev–Trinajstić information content (AvgIpc) is 2.44. The Morgan fingerprint density at radius 1 is 1.47 bits per heavy atom. The molecule has 0 fully saturated rings. The van der Waals surface area contributed by atoms with Gasteiger partial charge in [0.05, 0.1) is 12.8 Å². The molecule has 1 aromatic carbocycles. The first-order chi connectivity index (χ1) is 8.98. The Morgan fingerprint density at radius 2 is 2.11 bits per heavy atom. The molecule has 4 nitrogen and oxygen atoms in total. The second-order valence-electron chi connectivity index (χ2n) is 4.54. The van der Waals surface area contributed by atoms with Crippen molar-refractivity contribution in [1.82, 2.24) is 5.32 Å². The van der Waals surface area contributed by atoms with Gasteiger partial charge in [0.1, 0.15) is 11.4 Å². The molecule has 0 spiro atoms. The van der Waals surface area contributed by atoms with Crippen molar-refractivity contribution in [3.8, 4) is 0 Å². The number of ether oxygens (including phenoxy) is 1. The number of esters is 1. The van der Waals surface area contributed by atoms with Gasteiger partial charge in [-0.1, -0.05) is 12.1 Å². The van der Waals surface area contributed by atoms with Gasteiger partial charge in [0.15, 0.2) is 0 Å². The van der Waals surface area contributed by atoms with Crippen LogP contribution in [-0.2, 0) is 9.53 Å². The zero-order chi connectivity index (χ0) is 14.5. The van der Waals surface area contributed by atoms with Gasteiger partial charge >= 0.3 is 5.97 Å². The van der Waals surface area contributed by atoms with Gasteiger partial charge in [0, 0.05) is 13.1 Å². The van der Waals surface area contributed by atoms with E-state index in [-0.39, 0.29) is 11.8 Å². The molecule has 1 aromatic rings. The maximum atomic E-state index is 13.8. The van der Waals surface area contributed by atoms with Crippen LogP contribution in [0.3, 0.4) is 0 Å². The highest BCUT2D eigenvalue weighted by molar-refractivity contribution is 5.81. The van der Waals surface area contributed by atoms with Crippen molar-refractivity contribution in [1.29, 1.82) is 0 Å². The summed E-state index contributed by atoms with van der Waals surface area (Å²) in [5.74, 6) is -0.669. The number of carbonyl (C=O) groups excluding carboxylic acids is 1. The van der Waals surface area contributed by atoms with Crippen LogP contribution in [0.25, 0.3) is 0 Å². The summed E-state index contributed by atoms with van der Waals surface area (Å²) < 4.78 is 18.6. The Bertz CT molecular complexity index is 439. The summed E-state index contributed by atoms with van der Waals surface area (Å²) in [7, 11) is 3.03. The number of benzene rings is 1. The first kappa shape index (κ1) is 15.4. The van der Waals surface area contributed by atoms with Crippen LogP contribution >= 0.6 is 0 Å². The van der Waals surface area contributed by atoms with Gasteiger partial charge in [0.25, 0.3) is 0 Å². The van der Waals surface area contributed by atoms with Gasteiger partial charge in [-0.25, -0.2) is 9.18 Å². The van der Waals surface area contributed by atoms with Crippen molar-refractivity contribution in [2.24, 2.45) is 0 Å². The minimum absolute atomic E-state index is 0.298. The molecule has 0 heterocycles. The predicted molar refractivity (Wildman–Crippen MR) is 73.8 cm³/mol. The third-order valence-electron chi connectivity index (χ3n) is 3.27. The number of hydrogen-bond acceptors (Lipinski definition) is 4. The number of rotatable bonds is 6. The first-order valence-corrected chi connectivity index (χ1v) is 6.25. The van der Waals surface area contributed by atoms with E-state index in [1.807, 2.05) is 11.8 Å². The molecule has 0 saturated heterocycles. The molecule has 0 aromatic heterocycles. The molecule has 106 valence electrons. The highest BCUT2D eigenvalue weighted by Crippen LogP contribution is 2.21. The van der Waals surface area contributed by atoms with Crippen LogP contribution in [0.2, 0.25) is 0 Å². The van der Waals surface area contributed by atoms with Gasteiger partial charge in [0.2, 0.25) is 0 Å². The lowest BCUT2D eigenvalue weighted by atomic mass is 10.0. The van der Waals surface area contributed by atoms with E-state index in [4.69, 9.17) is 4.74 Å². The lowest BCUT2D eigenvalue weighted by molar-refractivity contribution is -0.147. The van der Waals surface area contributed by atoms with Crippen LogP contribution in [0, 0.1) is 5.82 Å². The summed E-state index contributed by atoms with van der Waals surface area (Å²) in [6.45, 7) is 4.57. The quantitative estimate of drug-likeness (QED) is 0.799. The molecule has 1 atom stereocenters. The Balaban J connectivity index is 2.99. The molecule has 0 aliphatic carbocycles. The Labute approximate surface area is 113 Å². The third kappa shape index (κ3) is 3.44. The normalized spacial score (nSPS) is 13.7. The summed E-state index contributed by atoms with van der Waals surface area (Å²) >= 11 is 0. The van der Waals surface area contributed by atoms with Crippen LogP contribution < -0.4 is 10.2 Å². The van der Waals surface area contributed by atoms with E-state index in [1.165, 1.54) is 13.2 Å². The number of carbonyl (C=O) groups is 1. The molecule has 1 N–H and O–H groups in total. The van der Waals surface area contributed by atoms with Crippen LogP contribution in [0.1, 0.15) is 13.8 Å². The highest BCUT2D eigenvalue weighted by atomic mass is 19.1. The van der Waals surface area contributed by atoms with E-state index in [1.54, 1.807) is 32.2 Å². The van der Waals surface area contributed by atoms with Crippen molar-refractivity contribution < 1.29 is 13.9 Å². The lowest BCUT2D eigenvalue weighted by Gasteiger charge is -2.34. The summed E-state index contributed by atoms with van der Waals surface area (Å²) in [4.78, 5) is 13.6. The second kappa shape index (κ2) is 6.52. The number of methoxy groups -OCH3 is 1. The fourth-order valence-corrected chi connectivity index (χ4v) is 1.93. The summed E-state index contributed by atoms with van der Waals surface area (Å²) in [5, 5.41) is 2.94. The van der Waals surface area contributed by atoms with Crippen molar-refractivity contribution in [2.45, 2.75) is 19.4 Å². The van der Waals surface area contributed by atoms with Crippen LogP contribution in [0.5, 0.6) is 0 Å². The molecule has 0 saturated carbocycles. The number of halogens is 1. The van der Waals surface area contributed by atoms with Crippen molar-refractivity contribution in [3.05, 3.63) is 30.1 Å². The molecule has 1 unspecified atom stereocenters. The van der Waals surface area contributed by atoms with Gasteiger partial charge in [-0.05, 0) is 33.0 Å². The summed E-state index contributed by atoms with van der Waals surface area (Å²) in [6.07, 6.45) is 0. The topological polar surface area (TPSA) is 41.6 Å². The van der Waals surface area contributed by atoms with Crippen LogP contribution in [0.15, 0.2) is 24.3 Å². The van der Waals surface area contributed by atoms with Gasteiger partial charge in [-0.15, -0.1) is 0 Å². The van der Waals surface area contributed by atoms with E-state index < -0.39 is 5.54 Å². The smallest absolute Gasteiger partial charge is 0.327 e. The Kier molecular flexibility index (Phi) is 5.30. The third-order valence-corrected chi connectivity index (χ3v) is 3.27. The zero-order valence-electron chi connectivity index (χ0n) is 11.9. The number of anilines is 1. The Hall–Kier alpha value is -1.62. The van der Waals surface area contributed by atoms with Crippen molar-refractivity contribution in [3.63, 3.8) is 0 Å². The SMILES string of the molecule is CCN(CC(C)(NC)C(=O)OC)c1ccccc1F. The summed E-state index contributed by atoms with van der Waals surface area (Å²) in [6, 6.07) is 6.53. The van der Waals surface area contributed by atoms with Crippen LogP contribution in [-0.4, -0.2) is 38.8 Å². The fourth-order valence-electron chi connectivity index (χ4n) is 1.93. The van der Waals surface area contributed by atoms with Gasteiger partial charge in [-0.2, -0.15) is 0 Å². The van der Waals surface area contributed by atoms with Crippen molar-refractivity contribution >= 4 is 11.7 Å². The summed E-state index contributed by atoms with van der Waals surface area (Å²) in [5.41, 5.74) is -0.400. The standard InChI is InChI=1S/C14H21FN2O2/c1-5-17(12-9-7-6-8-11(12)15)10-14(2,16-3)13(18)19-4/h6-9,16H,5,10H2,1-4H3. The molecular formula is C14H21FN2O2. The second-order valence-corrected chi connectivity index (χ2v) is 4.54. The van der Waals surface area contributed by atoms with E-state index >= 15 is 0 Å². The molecule has 0 aliphatic rings. The number of para-hydroxylation sites is 1. The lowest BCUT2D eigenvalue weighted by Crippen LogP contribution is -2.56. The molecular weight excluding hydrogens is 247 g/mol. The Morgan fingerprint density at radius 3 is 2.58 bits per heavy atom. The highest BCUT2D eigenvalue weighted by Gasteiger charge is 2.35. The maximum Gasteiger partial charge on any atom is 0.327 e.